The van der Waals surface area contributed by atoms with Crippen molar-refractivity contribution in [2.75, 3.05) is 46.5 Å². The first-order chi connectivity index (χ1) is 10.2. The molecule has 1 fully saturated rings. The maximum Gasteiger partial charge on any atom is 0.227 e. The minimum atomic E-state index is 0.0616. The predicted octanol–water partition coefficient (Wildman–Crippen LogP) is 0.381. The Bertz CT molecular complexity index is 438. The molecule has 1 heterocycles. The van der Waals surface area contributed by atoms with E-state index in [1.807, 2.05) is 47.2 Å². The fourth-order valence-electron chi connectivity index (χ4n) is 2.63. The molecule has 1 aliphatic rings. The van der Waals surface area contributed by atoms with Gasteiger partial charge in [0.2, 0.25) is 5.91 Å². The van der Waals surface area contributed by atoms with E-state index in [-0.39, 0.29) is 18.6 Å². The number of rotatable bonds is 6. The SMILES string of the molecule is CN(CCO)C[C@@H]1COCCN1C(=O)Cc1ccccc1. The molecule has 21 heavy (non-hydrogen) atoms. The summed E-state index contributed by atoms with van der Waals surface area (Å²) in [5.41, 5.74) is 1.04. The number of hydrogen-bond acceptors (Lipinski definition) is 4. The van der Waals surface area contributed by atoms with Crippen molar-refractivity contribution in [1.29, 1.82) is 0 Å². The molecule has 0 unspecified atom stereocenters. The topological polar surface area (TPSA) is 53.0 Å². The molecule has 1 aromatic rings. The quantitative estimate of drug-likeness (QED) is 0.823. The Morgan fingerprint density at radius 1 is 1.43 bits per heavy atom. The van der Waals surface area contributed by atoms with Crippen molar-refractivity contribution in [1.82, 2.24) is 9.80 Å². The minimum absolute atomic E-state index is 0.0616. The van der Waals surface area contributed by atoms with Crippen molar-refractivity contribution in [3.05, 3.63) is 35.9 Å². The molecule has 1 aliphatic heterocycles. The minimum Gasteiger partial charge on any atom is -0.395 e. The summed E-state index contributed by atoms with van der Waals surface area (Å²) in [5.74, 6) is 0.145. The molecular formula is C16H24N2O3. The van der Waals surface area contributed by atoms with Gasteiger partial charge < -0.3 is 19.6 Å². The number of amides is 1. The number of hydrogen-bond donors (Lipinski definition) is 1. The number of ether oxygens (including phenoxy) is 1. The standard InChI is InChI=1S/C16H24N2O3/c1-17(7-9-19)12-15-13-21-10-8-18(15)16(20)11-14-5-3-2-4-6-14/h2-6,15,19H,7-13H2,1H3/t15-/m1/s1. The van der Waals surface area contributed by atoms with Gasteiger partial charge in [-0.25, -0.2) is 0 Å². The van der Waals surface area contributed by atoms with E-state index in [0.29, 0.717) is 32.7 Å². The van der Waals surface area contributed by atoms with Crippen LogP contribution in [0.3, 0.4) is 0 Å². The lowest BCUT2D eigenvalue weighted by Gasteiger charge is -2.37. The van der Waals surface area contributed by atoms with Gasteiger partial charge in [0.25, 0.3) is 0 Å². The number of aliphatic hydroxyl groups is 1. The summed E-state index contributed by atoms with van der Waals surface area (Å²) >= 11 is 0. The molecule has 1 amide bonds. The van der Waals surface area contributed by atoms with Gasteiger partial charge in [0.05, 0.1) is 32.3 Å². The van der Waals surface area contributed by atoms with Crippen LogP contribution in [0.5, 0.6) is 0 Å². The normalized spacial score (nSPS) is 19.0. The molecule has 116 valence electrons. The molecule has 0 spiro atoms. The Balaban J connectivity index is 1.95. The first-order valence-corrected chi connectivity index (χ1v) is 7.41. The smallest absolute Gasteiger partial charge is 0.227 e. The number of carbonyl (C=O) groups is 1. The van der Waals surface area contributed by atoms with Gasteiger partial charge in [-0.15, -0.1) is 0 Å². The molecule has 0 aliphatic carbocycles. The van der Waals surface area contributed by atoms with Crippen molar-refractivity contribution in [2.45, 2.75) is 12.5 Å². The first-order valence-electron chi connectivity index (χ1n) is 7.41. The van der Waals surface area contributed by atoms with Crippen LogP contribution < -0.4 is 0 Å². The van der Waals surface area contributed by atoms with E-state index >= 15 is 0 Å². The lowest BCUT2D eigenvalue weighted by Crippen LogP contribution is -2.53. The maximum atomic E-state index is 12.5. The van der Waals surface area contributed by atoms with Crippen molar-refractivity contribution >= 4 is 5.91 Å². The zero-order chi connectivity index (χ0) is 15.1. The Morgan fingerprint density at radius 2 is 2.19 bits per heavy atom. The number of likely N-dealkylation sites (N-methyl/N-ethyl adjacent to an activating group) is 1. The van der Waals surface area contributed by atoms with Crippen LogP contribution in [0.4, 0.5) is 0 Å². The summed E-state index contributed by atoms with van der Waals surface area (Å²) in [6, 6.07) is 9.88. The van der Waals surface area contributed by atoms with Crippen LogP contribution >= 0.6 is 0 Å². The third-order valence-corrected chi connectivity index (χ3v) is 3.75. The third kappa shape index (κ3) is 4.81. The fraction of sp³-hybridized carbons (Fsp3) is 0.562. The molecule has 1 aromatic carbocycles. The Labute approximate surface area is 126 Å². The molecule has 5 nitrogen and oxygen atoms in total. The zero-order valence-corrected chi connectivity index (χ0v) is 12.6. The molecular weight excluding hydrogens is 268 g/mol. The summed E-state index contributed by atoms with van der Waals surface area (Å²) in [6.07, 6.45) is 0.432. The van der Waals surface area contributed by atoms with E-state index in [2.05, 4.69) is 0 Å². The summed E-state index contributed by atoms with van der Waals surface area (Å²) in [7, 11) is 1.95. The van der Waals surface area contributed by atoms with E-state index in [0.717, 1.165) is 12.1 Å². The van der Waals surface area contributed by atoms with E-state index in [9.17, 15) is 4.79 Å². The molecule has 0 bridgehead atoms. The third-order valence-electron chi connectivity index (χ3n) is 3.75. The van der Waals surface area contributed by atoms with Gasteiger partial charge in [-0.05, 0) is 12.6 Å². The highest BCUT2D eigenvalue weighted by Crippen LogP contribution is 2.11. The van der Waals surface area contributed by atoms with Crippen LogP contribution in [0, 0.1) is 0 Å². The van der Waals surface area contributed by atoms with Crippen LogP contribution in [0.15, 0.2) is 30.3 Å². The Kier molecular flexibility index (Phi) is 6.17. The summed E-state index contributed by atoms with van der Waals surface area (Å²) in [5, 5.41) is 8.98. The number of morpholine rings is 1. The van der Waals surface area contributed by atoms with Crippen LogP contribution in [-0.2, 0) is 16.0 Å². The Hall–Kier alpha value is -1.43. The molecule has 1 N–H and O–H groups in total. The molecule has 0 radical (unpaired) electrons. The van der Waals surface area contributed by atoms with Crippen LogP contribution in [0.2, 0.25) is 0 Å². The van der Waals surface area contributed by atoms with E-state index in [1.165, 1.54) is 0 Å². The predicted molar refractivity (Wildman–Crippen MR) is 81.0 cm³/mol. The highest BCUT2D eigenvalue weighted by Gasteiger charge is 2.27. The second kappa shape index (κ2) is 8.12. The molecule has 1 atom stereocenters. The van der Waals surface area contributed by atoms with E-state index in [4.69, 9.17) is 9.84 Å². The highest BCUT2D eigenvalue weighted by atomic mass is 16.5. The van der Waals surface area contributed by atoms with Crippen molar-refractivity contribution in [2.24, 2.45) is 0 Å². The molecule has 0 aromatic heterocycles. The van der Waals surface area contributed by atoms with Gasteiger partial charge in [0.1, 0.15) is 0 Å². The number of aliphatic hydroxyl groups excluding tert-OH is 1. The van der Waals surface area contributed by atoms with Crippen molar-refractivity contribution in [3.63, 3.8) is 0 Å². The van der Waals surface area contributed by atoms with Crippen LogP contribution in [0.1, 0.15) is 5.56 Å². The fourth-order valence-corrected chi connectivity index (χ4v) is 2.63. The second-order valence-corrected chi connectivity index (χ2v) is 5.46. The average Bonchev–Trinajstić information content (AvgIpc) is 2.49. The van der Waals surface area contributed by atoms with Gasteiger partial charge in [-0.2, -0.15) is 0 Å². The maximum absolute atomic E-state index is 12.5. The number of benzene rings is 1. The summed E-state index contributed by atoms with van der Waals surface area (Å²) in [4.78, 5) is 16.5. The molecule has 5 heteroatoms. The highest BCUT2D eigenvalue weighted by molar-refractivity contribution is 5.79. The molecule has 0 saturated carbocycles. The monoisotopic (exact) mass is 292 g/mol. The van der Waals surface area contributed by atoms with Crippen LogP contribution in [-0.4, -0.2) is 73.4 Å². The molecule has 2 rings (SSSR count). The van der Waals surface area contributed by atoms with Crippen molar-refractivity contribution < 1.29 is 14.6 Å². The summed E-state index contributed by atoms with van der Waals surface area (Å²) in [6.45, 7) is 3.26. The largest absolute Gasteiger partial charge is 0.395 e. The molecule has 1 saturated heterocycles. The van der Waals surface area contributed by atoms with E-state index in [1.54, 1.807) is 0 Å². The lowest BCUT2D eigenvalue weighted by molar-refractivity contribution is -0.139. The summed E-state index contributed by atoms with van der Waals surface area (Å²) < 4.78 is 5.51. The second-order valence-electron chi connectivity index (χ2n) is 5.46. The van der Waals surface area contributed by atoms with Gasteiger partial charge in [-0.1, -0.05) is 30.3 Å². The first kappa shape index (κ1) is 15.9. The average molecular weight is 292 g/mol. The van der Waals surface area contributed by atoms with Crippen LogP contribution in [0.25, 0.3) is 0 Å². The van der Waals surface area contributed by atoms with Gasteiger partial charge in [0, 0.05) is 19.6 Å². The lowest BCUT2D eigenvalue weighted by atomic mass is 10.1. The zero-order valence-electron chi connectivity index (χ0n) is 12.6. The van der Waals surface area contributed by atoms with Gasteiger partial charge in [0.15, 0.2) is 0 Å². The number of nitrogens with zero attached hydrogens (tertiary/aromatic N) is 2. The van der Waals surface area contributed by atoms with Crippen molar-refractivity contribution in [3.8, 4) is 0 Å². The van der Waals surface area contributed by atoms with E-state index < -0.39 is 0 Å². The van der Waals surface area contributed by atoms with Gasteiger partial charge >= 0.3 is 0 Å². The Morgan fingerprint density at radius 3 is 2.90 bits per heavy atom. The number of carbonyl (C=O) groups excluding carboxylic acids is 1. The van der Waals surface area contributed by atoms with Gasteiger partial charge in [-0.3, -0.25) is 4.79 Å².